The number of nitrogens with zero attached hydrogens (tertiary/aromatic N) is 1. The highest BCUT2D eigenvalue weighted by molar-refractivity contribution is 7.89. The third-order valence-electron chi connectivity index (χ3n) is 3.99. The Hall–Kier alpha value is -1.55. The summed E-state index contributed by atoms with van der Waals surface area (Å²) >= 11 is 0. The lowest BCUT2D eigenvalue weighted by molar-refractivity contribution is 0.0204. The minimum atomic E-state index is -3.74. The lowest BCUT2D eigenvalue weighted by atomic mass is 10.2. The molecule has 9 heteroatoms. The van der Waals surface area contributed by atoms with Crippen LogP contribution in [0.4, 0.5) is 4.39 Å². The van der Waals surface area contributed by atoms with E-state index in [1.54, 1.807) is 0 Å². The molecule has 0 spiro atoms. The maximum Gasteiger partial charge on any atom is 0.254 e. The molecule has 1 amide bonds. The first-order valence-electron chi connectivity index (χ1n) is 7.68. The van der Waals surface area contributed by atoms with Crippen LogP contribution in [-0.4, -0.2) is 65.2 Å². The van der Waals surface area contributed by atoms with Crippen molar-refractivity contribution in [1.82, 2.24) is 14.9 Å². The summed E-state index contributed by atoms with van der Waals surface area (Å²) in [7, 11) is -2.49. The number of carbonyl (C=O) groups is 1. The van der Waals surface area contributed by atoms with Crippen LogP contribution in [0.5, 0.6) is 0 Å². The van der Waals surface area contributed by atoms with Gasteiger partial charge in [-0.05, 0) is 32.2 Å². The Morgan fingerprint density at radius 1 is 1.38 bits per heavy atom. The van der Waals surface area contributed by atoms with Crippen LogP contribution in [0.1, 0.15) is 17.3 Å². The number of hydrogen-bond donors (Lipinski definition) is 2. The summed E-state index contributed by atoms with van der Waals surface area (Å²) in [5.74, 6) is -1.40. The topological polar surface area (TPSA) is 87.7 Å². The van der Waals surface area contributed by atoms with Gasteiger partial charge in [0.05, 0.1) is 23.7 Å². The minimum Gasteiger partial charge on any atom is -0.379 e. The van der Waals surface area contributed by atoms with E-state index in [2.05, 4.69) is 14.9 Å². The number of benzene rings is 1. The van der Waals surface area contributed by atoms with Gasteiger partial charge in [-0.2, -0.15) is 0 Å². The van der Waals surface area contributed by atoms with E-state index in [1.165, 1.54) is 7.05 Å². The van der Waals surface area contributed by atoms with Crippen molar-refractivity contribution in [2.45, 2.75) is 17.9 Å². The van der Waals surface area contributed by atoms with Gasteiger partial charge < -0.3 is 10.1 Å². The molecule has 1 heterocycles. The predicted octanol–water partition coefficient (Wildman–Crippen LogP) is 0.184. The molecule has 1 aliphatic rings. The lowest BCUT2D eigenvalue weighted by Crippen LogP contribution is -2.47. The molecule has 0 bridgehead atoms. The van der Waals surface area contributed by atoms with Crippen LogP contribution in [0.3, 0.4) is 0 Å². The van der Waals surface area contributed by atoms with Crippen molar-refractivity contribution < 1.29 is 22.3 Å². The Morgan fingerprint density at radius 2 is 2.04 bits per heavy atom. The SMILES string of the molecule is CNS(=O)(=O)c1ccc(F)c(C(=O)NCC(C)N2CCOCC2)c1. The molecule has 1 aromatic rings. The van der Waals surface area contributed by atoms with Gasteiger partial charge in [0.25, 0.3) is 5.91 Å². The molecule has 1 aromatic carbocycles. The average molecular weight is 359 g/mol. The third-order valence-corrected chi connectivity index (χ3v) is 5.40. The van der Waals surface area contributed by atoms with Crippen molar-refractivity contribution in [2.75, 3.05) is 39.9 Å². The van der Waals surface area contributed by atoms with E-state index in [-0.39, 0.29) is 16.5 Å². The van der Waals surface area contributed by atoms with E-state index < -0.39 is 21.7 Å². The number of halogens is 1. The summed E-state index contributed by atoms with van der Waals surface area (Å²) in [4.78, 5) is 14.2. The number of amides is 1. The molecule has 2 N–H and O–H groups in total. The van der Waals surface area contributed by atoms with Gasteiger partial charge >= 0.3 is 0 Å². The quantitative estimate of drug-likeness (QED) is 0.757. The van der Waals surface area contributed by atoms with Crippen LogP contribution in [0.25, 0.3) is 0 Å². The smallest absolute Gasteiger partial charge is 0.254 e. The molecule has 1 fully saturated rings. The normalized spacial score (nSPS) is 17.5. The Morgan fingerprint density at radius 3 is 2.67 bits per heavy atom. The van der Waals surface area contributed by atoms with E-state index in [1.807, 2.05) is 6.92 Å². The molecule has 0 aromatic heterocycles. The van der Waals surface area contributed by atoms with Gasteiger partial charge in [-0.25, -0.2) is 17.5 Å². The third kappa shape index (κ3) is 4.50. The number of sulfonamides is 1. The Labute approximate surface area is 141 Å². The first-order chi connectivity index (χ1) is 11.3. The molecular formula is C15H22FN3O4S. The second-order valence-corrected chi connectivity index (χ2v) is 7.44. The van der Waals surface area contributed by atoms with Crippen LogP contribution in [-0.2, 0) is 14.8 Å². The highest BCUT2D eigenvalue weighted by atomic mass is 32.2. The molecule has 2 rings (SSSR count). The predicted molar refractivity (Wildman–Crippen MR) is 86.8 cm³/mol. The fraction of sp³-hybridized carbons (Fsp3) is 0.533. The van der Waals surface area contributed by atoms with E-state index in [0.717, 1.165) is 31.3 Å². The van der Waals surface area contributed by atoms with Gasteiger partial charge in [0, 0.05) is 25.7 Å². The van der Waals surface area contributed by atoms with Gasteiger partial charge in [-0.15, -0.1) is 0 Å². The zero-order valence-electron chi connectivity index (χ0n) is 13.7. The highest BCUT2D eigenvalue weighted by Gasteiger charge is 2.21. The second kappa shape index (κ2) is 8.02. The zero-order valence-corrected chi connectivity index (χ0v) is 14.5. The summed E-state index contributed by atoms with van der Waals surface area (Å²) in [6, 6.07) is 3.21. The molecule has 7 nitrogen and oxygen atoms in total. The molecule has 1 aliphatic heterocycles. The monoisotopic (exact) mass is 359 g/mol. The van der Waals surface area contributed by atoms with Crippen molar-refractivity contribution in [3.63, 3.8) is 0 Å². The average Bonchev–Trinajstić information content (AvgIpc) is 2.60. The number of morpholine rings is 1. The summed E-state index contributed by atoms with van der Waals surface area (Å²) in [5.41, 5.74) is -0.291. The summed E-state index contributed by atoms with van der Waals surface area (Å²) in [5, 5.41) is 2.66. The van der Waals surface area contributed by atoms with Crippen molar-refractivity contribution >= 4 is 15.9 Å². The fourth-order valence-corrected chi connectivity index (χ4v) is 3.20. The molecular weight excluding hydrogens is 337 g/mol. The Balaban J connectivity index is 2.05. The molecule has 0 aliphatic carbocycles. The van der Waals surface area contributed by atoms with Crippen LogP contribution in [0.15, 0.2) is 23.1 Å². The summed E-state index contributed by atoms with van der Waals surface area (Å²) in [6.45, 7) is 5.15. The standard InChI is InChI=1S/C15H22FN3O4S/c1-11(19-5-7-23-8-6-19)10-18-15(20)13-9-12(3-4-14(13)16)24(21,22)17-2/h3-4,9,11,17H,5-8,10H2,1-2H3,(H,18,20). The number of rotatable bonds is 6. The molecule has 134 valence electrons. The number of nitrogens with one attached hydrogen (secondary N) is 2. The molecule has 1 atom stereocenters. The first-order valence-corrected chi connectivity index (χ1v) is 9.16. The van der Waals surface area contributed by atoms with Gasteiger partial charge in [0.2, 0.25) is 10.0 Å². The van der Waals surface area contributed by atoms with Gasteiger partial charge in [-0.3, -0.25) is 9.69 Å². The van der Waals surface area contributed by atoms with E-state index in [9.17, 15) is 17.6 Å². The van der Waals surface area contributed by atoms with E-state index in [0.29, 0.717) is 19.8 Å². The largest absolute Gasteiger partial charge is 0.379 e. The van der Waals surface area contributed by atoms with Crippen molar-refractivity contribution in [3.8, 4) is 0 Å². The van der Waals surface area contributed by atoms with Crippen LogP contribution in [0, 0.1) is 5.82 Å². The highest BCUT2D eigenvalue weighted by Crippen LogP contribution is 2.15. The Bertz CT molecular complexity index is 690. The van der Waals surface area contributed by atoms with Crippen LogP contribution in [0.2, 0.25) is 0 Å². The summed E-state index contributed by atoms with van der Waals surface area (Å²) in [6.07, 6.45) is 0. The van der Waals surface area contributed by atoms with Gasteiger partial charge in [0.15, 0.2) is 0 Å². The van der Waals surface area contributed by atoms with Gasteiger partial charge in [-0.1, -0.05) is 0 Å². The van der Waals surface area contributed by atoms with Crippen LogP contribution < -0.4 is 10.0 Å². The van der Waals surface area contributed by atoms with E-state index >= 15 is 0 Å². The van der Waals surface area contributed by atoms with Crippen molar-refractivity contribution in [3.05, 3.63) is 29.6 Å². The minimum absolute atomic E-state index is 0.0742. The van der Waals surface area contributed by atoms with Crippen LogP contribution >= 0.6 is 0 Å². The van der Waals surface area contributed by atoms with Crippen molar-refractivity contribution in [2.24, 2.45) is 0 Å². The van der Waals surface area contributed by atoms with Crippen molar-refractivity contribution in [1.29, 1.82) is 0 Å². The number of carbonyl (C=O) groups excluding carboxylic acids is 1. The molecule has 1 unspecified atom stereocenters. The fourth-order valence-electron chi connectivity index (χ4n) is 2.45. The molecule has 24 heavy (non-hydrogen) atoms. The maximum atomic E-state index is 13.9. The Kier molecular flexibility index (Phi) is 6.27. The molecule has 0 saturated carbocycles. The van der Waals surface area contributed by atoms with Gasteiger partial charge in [0.1, 0.15) is 5.82 Å². The maximum absolute atomic E-state index is 13.9. The second-order valence-electron chi connectivity index (χ2n) is 5.56. The lowest BCUT2D eigenvalue weighted by Gasteiger charge is -2.32. The first kappa shape index (κ1) is 18.8. The molecule has 1 saturated heterocycles. The van der Waals surface area contributed by atoms with E-state index in [4.69, 9.17) is 4.74 Å². The number of ether oxygens (including phenoxy) is 1. The summed E-state index contributed by atoms with van der Waals surface area (Å²) < 4.78 is 44.9. The molecule has 0 radical (unpaired) electrons. The zero-order chi connectivity index (χ0) is 17.7. The number of hydrogen-bond acceptors (Lipinski definition) is 5.